The summed E-state index contributed by atoms with van der Waals surface area (Å²) in [5.74, 6) is 1.27. The Balaban J connectivity index is 1.63. The highest BCUT2D eigenvalue weighted by Gasteiger charge is 2.56. The monoisotopic (exact) mass is 423 g/mol. The van der Waals surface area contributed by atoms with Gasteiger partial charge in [0.2, 0.25) is 5.91 Å². The van der Waals surface area contributed by atoms with Crippen molar-refractivity contribution in [2.24, 2.45) is 11.3 Å². The van der Waals surface area contributed by atoms with Gasteiger partial charge in [-0.25, -0.2) is 0 Å². The number of fused-ring (bicyclic) bond motifs is 1. The summed E-state index contributed by atoms with van der Waals surface area (Å²) in [6.45, 7) is 2.79. The van der Waals surface area contributed by atoms with Crippen LogP contribution in [0.2, 0.25) is 0 Å². The minimum atomic E-state index is -0.360. The van der Waals surface area contributed by atoms with Gasteiger partial charge in [-0.3, -0.25) is 4.79 Å². The van der Waals surface area contributed by atoms with Gasteiger partial charge in [0.15, 0.2) is 0 Å². The van der Waals surface area contributed by atoms with Crippen LogP contribution in [0.25, 0.3) is 11.1 Å². The summed E-state index contributed by atoms with van der Waals surface area (Å²) in [4.78, 5) is 16.0. The molecule has 32 heavy (non-hydrogen) atoms. The molecule has 3 nitrogen and oxygen atoms in total. The topological polar surface area (TPSA) is 29.5 Å². The molecule has 1 aliphatic carbocycles. The van der Waals surface area contributed by atoms with Crippen LogP contribution in [0.15, 0.2) is 91.0 Å². The maximum absolute atomic E-state index is 13.9. The Labute approximate surface area is 190 Å². The molecule has 3 aromatic rings. The molecular formula is C29H29NO2. The van der Waals surface area contributed by atoms with E-state index in [1.807, 2.05) is 30.3 Å². The first kappa shape index (κ1) is 20.6. The fraction of sp³-hybridized carbons (Fsp3) is 0.276. The smallest absolute Gasteiger partial charge is 0.230 e. The molecule has 0 aromatic heterocycles. The summed E-state index contributed by atoms with van der Waals surface area (Å²) in [6, 6.07) is 27.1. The average Bonchev–Trinajstić information content (AvgIpc) is 3.06. The second-order valence-electron chi connectivity index (χ2n) is 9.09. The van der Waals surface area contributed by atoms with Crippen molar-refractivity contribution in [3.05, 3.63) is 102 Å². The van der Waals surface area contributed by atoms with Gasteiger partial charge in [0.1, 0.15) is 5.75 Å². The van der Waals surface area contributed by atoms with Crippen LogP contribution in [0.4, 0.5) is 0 Å². The highest BCUT2D eigenvalue weighted by molar-refractivity contribution is 5.87. The number of methoxy groups -OCH3 is 1. The summed E-state index contributed by atoms with van der Waals surface area (Å²) in [5, 5.41) is 0. The second kappa shape index (κ2) is 8.31. The number of ether oxygens (including phenoxy) is 1. The summed E-state index contributed by atoms with van der Waals surface area (Å²) >= 11 is 0. The molecule has 1 fully saturated rings. The predicted octanol–water partition coefficient (Wildman–Crippen LogP) is 6.42. The minimum Gasteiger partial charge on any atom is -0.497 e. The van der Waals surface area contributed by atoms with E-state index in [1.165, 1.54) is 16.7 Å². The van der Waals surface area contributed by atoms with Crippen LogP contribution >= 0.6 is 0 Å². The highest BCUT2D eigenvalue weighted by Crippen LogP contribution is 2.55. The molecule has 2 aliphatic rings. The number of rotatable bonds is 5. The van der Waals surface area contributed by atoms with Crippen molar-refractivity contribution in [1.82, 2.24) is 4.90 Å². The Morgan fingerprint density at radius 1 is 0.969 bits per heavy atom. The molecule has 1 heterocycles. The van der Waals surface area contributed by atoms with Gasteiger partial charge in [0.25, 0.3) is 0 Å². The summed E-state index contributed by atoms with van der Waals surface area (Å²) in [7, 11) is 1.69. The molecule has 0 radical (unpaired) electrons. The number of nitrogens with zero attached hydrogens (tertiary/aromatic N) is 1. The lowest BCUT2D eigenvalue weighted by Gasteiger charge is -2.32. The van der Waals surface area contributed by atoms with Crippen molar-refractivity contribution in [3.63, 3.8) is 0 Å². The van der Waals surface area contributed by atoms with E-state index in [1.54, 1.807) is 7.11 Å². The quantitative estimate of drug-likeness (QED) is 0.443. The highest BCUT2D eigenvalue weighted by atomic mass is 16.5. The van der Waals surface area contributed by atoms with Crippen LogP contribution in [0.1, 0.15) is 36.9 Å². The first-order chi connectivity index (χ1) is 15.6. The molecule has 3 aromatic carbocycles. The third-order valence-corrected chi connectivity index (χ3v) is 7.21. The van der Waals surface area contributed by atoms with Crippen LogP contribution in [-0.2, 0) is 11.3 Å². The molecule has 0 N–H and O–H groups in total. The maximum Gasteiger partial charge on any atom is 0.230 e. The molecule has 1 amide bonds. The number of carbonyl (C=O) groups excluding carboxylic acids is 1. The number of allylic oxidation sites excluding steroid dienone is 1. The summed E-state index contributed by atoms with van der Waals surface area (Å²) in [6.07, 6.45) is 6.42. The minimum absolute atomic E-state index is 0.00237. The number of likely N-dealkylation sites (tertiary alicyclic amines) is 1. The lowest BCUT2D eigenvalue weighted by molar-refractivity contribution is -0.137. The van der Waals surface area contributed by atoms with Crippen molar-refractivity contribution >= 4 is 5.91 Å². The van der Waals surface area contributed by atoms with E-state index in [-0.39, 0.29) is 23.3 Å². The molecule has 0 saturated carbocycles. The number of hydrogen-bond acceptors (Lipinski definition) is 2. The zero-order chi connectivity index (χ0) is 22.1. The molecule has 1 aliphatic heterocycles. The van der Waals surface area contributed by atoms with E-state index in [2.05, 4.69) is 72.5 Å². The molecule has 3 unspecified atom stereocenters. The van der Waals surface area contributed by atoms with E-state index in [0.717, 1.165) is 24.2 Å². The SMILES string of the molecule is COc1ccc(-c2ccccc2C2C3C=CCCC3(C)C(=O)N2Cc2ccccc2)cc1. The zero-order valence-electron chi connectivity index (χ0n) is 18.7. The van der Waals surface area contributed by atoms with E-state index in [0.29, 0.717) is 6.54 Å². The van der Waals surface area contributed by atoms with Crippen LogP contribution in [0.3, 0.4) is 0 Å². The predicted molar refractivity (Wildman–Crippen MR) is 128 cm³/mol. The van der Waals surface area contributed by atoms with Crippen molar-refractivity contribution in [1.29, 1.82) is 0 Å². The van der Waals surface area contributed by atoms with Crippen molar-refractivity contribution < 1.29 is 9.53 Å². The lowest BCUT2D eigenvalue weighted by Crippen LogP contribution is -2.34. The molecule has 1 saturated heterocycles. The zero-order valence-corrected chi connectivity index (χ0v) is 18.7. The Bertz CT molecular complexity index is 1140. The fourth-order valence-electron chi connectivity index (χ4n) is 5.46. The van der Waals surface area contributed by atoms with Gasteiger partial charge >= 0.3 is 0 Å². The van der Waals surface area contributed by atoms with Gasteiger partial charge in [-0.05, 0) is 47.2 Å². The summed E-state index contributed by atoms with van der Waals surface area (Å²) in [5.41, 5.74) is 4.33. The lowest BCUT2D eigenvalue weighted by atomic mass is 9.69. The number of carbonyl (C=O) groups is 1. The van der Waals surface area contributed by atoms with Gasteiger partial charge < -0.3 is 9.64 Å². The van der Waals surface area contributed by atoms with Crippen LogP contribution in [-0.4, -0.2) is 17.9 Å². The Hall–Kier alpha value is -3.33. The van der Waals surface area contributed by atoms with Gasteiger partial charge in [-0.1, -0.05) is 85.8 Å². The van der Waals surface area contributed by atoms with E-state index >= 15 is 0 Å². The first-order valence-corrected chi connectivity index (χ1v) is 11.4. The van der Waals surface area contributed by atoms with E-state index in [9.17, 15) is 4.79 Å². The number of hydrogen-bond donors (Lipinski definition) is 0. The molecule has 0 spiro atoms. The fourth-order valence-corrected chi connectivity index (χ4v) is 5.46. The molecule has 3 atom stereocenters. The van der Waals surface area contributed by atoms with Crippen molar-refractivity contribution in [3.8, 4) is 16.9 Å². The third-order valence-electron chi connectivity index (χ3n) is 7.21. The van der Waals surface area contributed by atoms with Gasteiger partial charge in [0.05, 0.1) is 18.6 Å². The van der Waals surface area contributed by atoms with Gasteiger partial charge in [-0.15, -0.1) is 0 Å². The Kier molecular flexibility index (Phi) is 5.34. The van der Waals surface area contributed by atoms with Crippen LogP contribution < -0.4 is 4.74 Å². The summed E-state index contributed by atoms with van der Waals surface area (Å²) < 4.78 is 5.35. The largest absolute Gasteiger partial charge is 0.497 e. The van der Waals surface area contributed by atoms with Crippen molar-refractivity contribution in [2.45, 2.75) is 32.4 Å². The van der Waals surface area contributed by atoms with E-state index in [4.69, 9.17) is 4.74 Å². The van der Waals surface area contributed by atoms with Gasteiger partial charge in [-0.2, -0.15) is 0 Å². The Morgan fingerprint density at radius 3 is 2.44 bits per heavy atom. The maximum atomic E-state index is 13.9. The number of benzene rings is 3. The normalized spacial score (nSPS) is 24.4. The molecular weight excluding hydrogens is 394 g/mol. The van der Waals surface area contributed by atoms with Crippen LogP contribution in [0, 0.1) is 11.3 Å². The average molecular weight is 424 g/mol. The first-order valence-electron chi connectivity index (χ1n) is 11.4. The third kappa shape index (κ3) is 3.42. The second-order valence-corrected chi connectivity index (χ2v) is 9.09. The molecule has 3 heteroatoms. The molecule has 0 bridgehead atoms. The van der Waals surface area contributed by atoms with E-state index < -0.39 is 0 Å². The van der Waals surface area contributed by atoms with Gasteiger partial charge in [0, 0.05) is 12.5 Å². The Morgan fingerprint density at radius 2 is 1.69 bits per heavy atom. The van der Waals surface area contributed by atoms with Crippen molar-refractivity contribution in [2.75, 3.05) is 7.11 Å². The standard InChI is InChI=1S/C29H29NO2/c1-29-19-9-8-14-26(29)27(30(28(29)31)20-21-10-4-3-5-11-21)25-13-7-6-12-24(25)22-15-17-23(32-2)18-16-22/h3-8,10-18,26-27H,9,19-20H2,1-2H3. The molecule has 5 rings (SSSR count). The molecule has 162 valence electrons. The van der Waals surface area contributed by atoms with Crippen LogP contribution in [0.5, 0.6) is 5.75 Å². The number of amides is 1.